The monoisotopic (exact) mass is 427 g/mol. The third kappa shape index (κ3) is 4.35. The van der Waals surface area contributed by atoms with Gasteiger partial charge in [-0.1, -0.05) is 24.3 Å². The van der Waals surface area contributed by atoms with Gasteiger partial charge in [0.15, 0.2) is 11.2 Å². The summed E-state index contributed by atoms with van der Waals surface area (Å²) in [7, 11) is 0. The first-order valence-corrected chi connectivity index (χ1v) is 10.2. The number of carboxylic acid groups (broad SMARTS) is 1. The van der Waals surface area contributed by atoms with Gasteiger partial charge >= 0.3 is 11.7 Å². The highest BCUT2D eigenvalue weighted by Crippen LogP contribution is 2.31. The predicted octanol–water partition coefficient (Wildman–Crippen LogP) is 2.52. The minimum atomic E-state index is -1.19. The molecule has 1 saturated heterocycles. The van der Waals surface area contributed by atoms with E-state index in [2.05, 4.69) is 0 Å². The summed E-state index contributed by atoms with van der Waals surface area (Å²) in [4.78, 5) is 23.9. The maximum absolute atomic E-state index is 12.2. The van der Waals surface area contributed by atoms with Crippen molar-refractivity contribution in [2.75, 3.05) is 13.2 Å². The fraction of sp³-hybridized carbons (Fsp3) is 0.391. The minimum absolute atomic E-state index is 0.0327. The first kappa shape index (κ1) is 21.1. The van der Waals surface area contributed by atoms with Gasteiger partial charge in [0.25, 0.3) is 0 Å². The van der Waals surface area contributed by atoms with Gasteiger partial charge in [-0.2, -0.15) is 0 Å². The number of carboxylic acids is 1. The van der Waals surface area contributed by atoms with Crippen molar-refractivity contribution in [3.05, 3.63) is 64.1 Å². The molecule has 164 valence electrons. The molecule has 8 heteroatoms. The maximum atomic E-state index is 12.2. The molecule has 0 saturated carbocycles. The highest BCUT2D eigenvalue weighted by molar-refractivity contribution is 5.78. The molecule has 2 unspecified atom stereocenters. The Hall–Kier alpha value is -3.10. The lowest BCUT2D eigenvalue weighted by Crippen LogP contribution is -2.40. The first-order valence-electron chi connectivity index (χ1n) is 10.2. The molecule has 4 rings (SSSR count). The second-order valence-electron chi connectivity index (χ2n) is 7.94. The highest BCUT2D eigenvalue weighted by atomic mass is 16.5. The summed E-state index contributed by atoms with van der Waals surface area (Å²) >= 11 is 0. The van der Waals surface area contributed by atoms with E-state index in [4.69, 9.17) is 13.9 Å². The summed E-state index contributed by atoms with van der Waals surface area (Å²) in [6.07, 6.45) is 0.498. The largest absolute Gasteiger partial charge is 0.491 e. The molecule has 8 nitrogen and oxygen atoms in total. The Kier molecular flexibility index (Phi) is 5.84. The third-order valence-corrected chi connectivity index (χ3v) is 5.61. The van der Waals surface area contributed by atoms with Crippen LogP contribution in [0.5, 0.6) is 5.75 Å². The number of aliphatic hydroxyl groups excluding tert-OH is 1. The number of ether oxygens (including phenoxy) is 2. The van der Waals surface area contributed by atoms with Gasteiger partial charge < -0.3 is 24.1 Å². The van der Waals surface area contributed by atoms with Gasteiger partial charge in [0.2, 0.25) is 0 Å². The number of aryl methyl sites for hydroxylation is 1. The van der Waals surface area contributed by atoms with Crippen LogP contribution in [0.3, 0.4) is 0 Å². The number of fused-ring (bicyclic) bond motifs is 1. The molecule has 2 atom stereocenters. The molecule has 1 fully saturated rings. The van der Waals surface area contributed by atoms with Gasteiger partial charge in [0.05, 0.1) is 12.1 Å². The molecule has 31 heavy (non-hydrogen) atoms. The van der Waals surface area contributed by atoms with Crippen molar-refractivity contribution in [2.45, 2.75) is 44.4 Å². The van der Waals surface area contributed by atoms with Crippen molar-refractivity contribution in [3.63, 3.8) is 0 Å². The van der Waals surface area contributed by atoms with Crippen LogP contribution in [0.2, 0.25) is 0 Å². The van der Waals surface area contributed by atoms with Gasteiger partial charge in [-0.15, -0.1) is 0 Å². The molecule has 2 heterocycles. The van der Waals surface area contributed by atoms with Crippen LogP contribution >= 0.6 is 0 Å². The predicted molar refractivity (Wildman–Crippen MR) is 112 cm³/mol. The molecular weight excluding hydrogens is 402 g/mol. The molecule has 0 aliphatic carbocycles. The topological polar surface area (TPSA) is 111 Å². The van der Waals surface area contributed by atoms with E-state index in [-0.39, 0.29) is 19.6 Å². The Morgan fingerprint density at radius 2 is 2.10 bits per heavy atom. The van der Waals surface area contributed by atoms with E-state index in [1.807, 2.05) is 25.1 Å². The molecule has 2 N–H and O–H groups in total. The van der Waals surface area contributed by atoms with Crippen LogP contribution in [-0.4, -0.2) is 45.7 Å². The van der Waals surface area contributed by atoms with Gasteiger partial charge in [-0.05, 0) is 49.1 Å². The van der Waals surface area contributed by atoms with Crippen molar-refractivity contribution in [1.29, 1.82) is 0 Å². The van der Waals surface area contributed by atoms with E-state index in [0.29, 0.717) is 29.9 Å². The normalized spacial score (nSPS) is 19.5. The number of aliphatic hydroxyl groups is 1. The fourth-order valence-electron chi connectivity index (χ4n) is 4.08. The van der Waals surface area contributed by atoms with Crippen molar-refractivity contribution in [3.8, 4) is 5.75 Å². The molecule has 0 bridgehead atoms. The molecule has 3 aromatic rings. The van der Waals surface area contributed by atoms with Crippen LogP contribution in [0.4, 0.5) is 0 Å². The zero-order valence-electron chi connectivity index (χ0n) is 17.2. The highest BCUT2D eigenvalue weighted by Gasteiger charge is 2.42. The van der Waals surface area contributed by atoms with Crippen LogP contribution in [0.1, 0.15) is 24.0 Å². The second kappa shape index (κ2) is 8.56. The number of rotatable bonds is 8. The van der Waals surface area contributed by atoms with Crippen molar-refractivity contribution >= 4 is 17.1 Å². The average molecular weight is 427 g/mol. The summed E-state index contributed by atoms with van der Waals surface area (Å²) in [5.41, 5.74) is 1.60. The molecule has 1 aliphatic heterocycles. The lowest BCUT2D eigenvalue weighted by molar-refractivity contribution is -0.159. The summed E-state index contributed by atoms with van der Waals surface area (Å²) in [6.45, 7) is 2.32. The number of carbonyl (C=O) groups is 1. The molecule has 0 spiro atoms. The standard InChI is InChI=1S/C23H25NO7/c1-15-5-2-8-19-20(15)24(22(28)31-19)13-17(25)14-29-18-7-3-6-16(11-18)12-23(21(26)27)9-4-10-30-23/h2-3,5-8,11,17,25H,4,9-10,12-14H2,1H3,(H,26,27). The zero-order valence-corrected chi connectivity index (χ0v) is 17.2. The van der Waals surface area contributed by atoms with Crippen LogP contribution in [0.25, 0.3) is 11.1 Å². The summed E-state index contributed by atoms with van der Waals surface area (Å²) in [6, 6.07) is 12.5. The average Bonchev–Trinajstić information content (AvgIpc) is 3.33. The van der Waals surface area contributed by atoms with Crippen molar-refractivity contribution in [1.82, 2.24) is 4.57 Å². The second-order valence-corrected chi connectivity index (χ2v) is 7.94. The van der Waals surface area contributed by atoms with E-state index in [1.165, 1.54) is 4.57 Å². The number of para-hydroxylation sites is 1. The van der Waals surface area contributed by atoms with Crippen LogP contribution in [0, 0.1) is 6.92 Å². The van der Waals surface area contributed by atoms with Crippen molar-refractivity contribution in [2.24, 2.45) is 0 Å². The van der Waals surface area contributed by atoms with Gasteiger partial charge in [-0.3, -0.25) is 4.57 Å². The van der Waals surface area contributed by atoms with Gasteiger partial charge in [0, 0.05) is 13.0 Å². The quantitative estimate of drug-likeness (QED) is 0.568. The lowest BCUT2D eigenvalue weighted by Gasteiger charge is -2.23. The van der Waals surface area contributed by atoms with Crippen molar-refractivity contribution < 1.29 is 28.9 Å². The smallest absolute Gasteiger partial charge is 0.420 e. The Morgan fingerprint density at radius 1 is 1.29 bits per heavy atom. The molecule has 1 aromatic heterocycles. The molecule has 2 aromatic carbocycles. The van der Waals surface area contributed by atoms with E-state index in [1.54, 1.807) is 24.3 Å². The Bertz CT molecular complexity index is 1140. The van der Waals surface area contributed by atoms with E-state index in [9.17, 15) is 19.8 Å². The Labute approximate surface area is 178 Å². The van der Waals surface area contributed by atoms with Crippen LogP contribution in [-0.2, 0) is 22.5 Å². The van der Waals surface area contributed by atoms with Crippen LogP contribution < -0.4 is 10.5 Å². The summed E-state index contributed by atoms with van der Waals surface area (Å²) in [5.74, 6) is -0.976. The van der Waals surface area contributed by atoms with Crippen LogP contribution in [0.15, 0.2) is 51.7 Å². The van der Waals surface area contributed by atoms with E-state index >= 15 is 0 Å². The lowest BCUT2D eigenvalue weighted by atomic mass is 9.91. The molecular formula is C23H25NO7. The molecule has 1 aliphatic rings. The maximum Gasteiger partial charge on any atom is 0.420 e. The number of hydrogen-bond donors (Lipinski definition) is 2. The van der Waals surface area contributed by atoms with E-state index in [0.717, 1.165) is 17.5 Å². The summed E-state index contributed by atoms with van der Waals surface area (Å²) < 4.78 is 17.9. The minimum Gasteiger partial charge on any atom is -0.491 e. The number of aromatic nitrogens is 1. The SMILES string of the molecule is Cc1cccc2oc(=O)n(CC(O)COc3cccc(CC4(C(=O)O)CCCO4)c3)c12. The van der Waals surface area contributed by atoms with Gasteiger partial charge in [0.1, 0.15) is 18.5 Å². The number of hydrogen-bond acceptors (Lipinski definition) is 6. The molecule has 0 radical (unpaired) electrons. The van der Waals surface area contributed by atoms with Gasteiger partial charge in [-0.25, -0.2) is 9.59 Å². The zero-order chi connectivity index (χ0) is 22.0. The molecule has 0 amide bonds. The summed E-state index contributed by atoms with van der Waals surface area (Å²) in [5, 5.41) is 20.0. The number of aliphatic carboxylic acids is 1. The Morgan fingerprint density at radius 3 is 2.84 bits per heavy atom. The van der Waals surface area contributed by atoms with E-state index < -0.39 is 23.4 Å². The Balaban J connectivity index is 1.42. The fourth-order valence-corrected chi connectivity index (χ4v) is 4.08. The number of benzene rings is 2. The third-order valence-electron chi connectivity index (χ3n) is 5.61. The number of oxazole rings is 1. The first-order chi connectivity index (χ1) is 14.9. The number of nitrogens with zero attached hydrogens (tertiary/aromatic N) is 1.